The summed E-state index contributed by atoms with van der Waals surface area (Å²) in [7, 11) is 0. The number of nitrogens with one attached hydrogen (secondary N) is 1. The smallest absolute Gasteiger partial charge is 0.335 e. The van der Waals surface area contributed by atoms with Crippen molar-refractivity contribution in [1.82, 2.24) is 5.32 Å². The fourth-order valence-electron chi connectivity index (χ4n) is 1.15. The number of aromatic carboxylic acids is 1. The van der Waals surface area contributed by atoms with Crippen LogP contribution in [-0.4, -0.2) is 23.4 Å². The summed E-state index contributed by atoms with van der Waals surface area (Å²) >= 11 is 0. The molecule has 0 aliphatic rings. The van der Waals surface area contributed by atoms with Gasteiger partial charge in [0.25, 0.3) is 0 Å². The van der Waals surface area contributed by atoms with E-state index in [1.807, 2.05) is 13.8 Å². The molecule has 4 nitrogen and oxygen atoms in total. The summed E-state index contributed by atoms with van der Waals surface area (Å²) in [4.78, 5) is 21.2. The zero-order valence-electron chi connectivity index (χ0n) is 10.5. The summed E-state index contributed by atoms with van der Waals surface area (Å²) in [5, 5.41) is 11.6. The van der Waals surface area contributed by atoms with E-state index in [0.29, 0.717) is 13.1 Å². The van der Waals surface area contributed by atoms with Crippen molar-refractivity contribution in [3.05, 3.63) is 35.4 Å². The molecule has 2 N–H and O–H groups in total. The van der Waals surface area contributed by atoms with E-state index in [9.17, 15) is 9.59 Å². The molecule has 0 fully saturated rings. The van der Waals surface area contributed by atoms with Crippen molar-refractivity contribution in [3.8, 4) is 0 Å². The van der Waals surface area contributed by atoms with E-state index >= 15 is 0 Å². The van der Waals surface area contributed by atoms with Gasteiger partial charge in [0.15, 0.2) is 0 Å². The Morgan fingerprint density at radius 3 is 2.12 bits per heavy atom. The largest absolute Gasteiger partial charge is 0.478 e. The van der Waals surface area contributed by atoms with Crippen molar-refractivity contribution in [1.29, 1.82) is 0 Å². The quantitative estimate of drug-likeness (QED) is 0.823. The van der Waals surface area contributed by atoms with Crippen molar-refractivity contribution < 1.29 is 14.7 Å². The predicted molar refractivity (Wildman–Crippen MR) is 67.1 cm³/mol. The maximum Gasteiger partial charge on any atom is 0.335 e. The standard InChI is InChI=1S/C11H13NO3.C2H6/c1-8(13)6-12-7-9-2-4-10(5-3-9)11(14)15;1-2/h2-5,12H,6-7H2,1H3,(H,14,15);1-2H3. The number of rotatable bonds is 5. The summed E-state index contributed by atoms with van der Waals surface area (Å²) in [6.45, 7) is 6.42. The van der Waals surface area contributed by atoms with Crippen LogP contribution < -0.4 is 5.32 Å². The number of hydrogen-bond acceptors (Lipinski definition) is 3. The van der Waals surface area contributed by atoms with E-state index in [4.69, 9.17) is 5.11 Å². The molecule has 0 saturated heterocycles. The molecule has 0 saturated carbocycles. The van der Waals surface area contributed by atoms with E-state index in [0.717, 1.165) is 5.56 Å². The number of carboxylic acids is 1. The topological polar surface area (TPSA) is 66.4 Å². The van der Waals surface area contributed by atoms with Crippen LogP contribution in [0.2, 0.25) is 0 Å². The minimum absolute atomic E-state index is 0.0807. The summed E-state index contributed by atoms with van der Waals surface area (Å²) in [5.74, 6) is -0.851. The van der Waals surface area contributed by atoms with Gasteiger partial charge in [0.1, 0.15) is 5.78 Å². The molecular weight excluding hydrogens is 218 g/mol. The Bertz CT molecular complexity index is 357. The molecule has 0 unspecified atom stereocenters. The Balaban J connectivity index is 0.00000121. The molecule has 0 aromatic heterocycles. The molecule has 1 aromatic carbocycles. The maximum atomic E-state index is 10.6. The van der Waals surface area contributed by atoms with Gasteiger partial charge in [-0.2, -0.15) is 0 Å². The van der Waals surface area contributed by atoms with Gasteiger partial charge in [-0.25, -0.2) is 4.79 Å². The number of ketones is 1. The summed E-state index contributed by atoms with van der Waals surface area (Å²) in [5.41, 5.74) is 1.23. The predicted octanol–water partition coefficient (Wildman–Crippen LogP) is 2.09. The summed E-state index contributed by atoms with van der Waals surface area (Å²) in [6.07, 6.45) is 0. The van der Waals surface area contributed by atoms with Crippen molar-refractivity contribution >= 4 is 11.8 Å². The molecule has 0 amide bonds. The molecular formula is C13H19NO3. The van der Waals surface area contributed by atoms with Crippen LogP contribution in [0.4, 0.5) is 0 Å². The molecule has 0 bridgehead atoms. The number of carbonyl (C=O) groups is 2. The van der Waals surface area contributed by atoms with E-state index < -0.39 is 5.97 Å². The van der Waals surface area contributed by atoms with Crippen molar-refractivity contribution in [2.75, 3.05) is 6.54 Å². The second-order valence-electron chi connectivity index (χ2n) is 3.31. The Labute approximate surface area is 102 Å². The highest BCUT2D eigenvalue weighted by atomic mass is 16.4. The van der Waals surface area contributed by atoms with Gasteiger partial charge in [-0.05, 0) is 24.6 Å². The normalized spacial score (nSPS) is 9.12. The molecule has 1 aromatic rings. The monoisotopic (exact) mass is 237 g/mol. The van der Waals surface area contributed by atoms with Crippen molar-refractivity contribution in [2.45, 2.75) is 27.3 Å². The molecule has 0 spiro atoms. The minimum Gasteiger partial charge on any atom is -0.478 e. The third-order valence-corrected chi connectivity index (χ3v) is 1.90. The number of hydrogen-bond donors (Lipinski definition) is 2. The first kappa shape index (κ1) is 15.3. The van der Waals surface area contributed by atoms with Crippen molar-refractivity contribution in [3.63, 3.8) is 0 Å². The fraction of sp³-hybridized carbons (Fsp3) is 0.385. The van der Waals surface area contributed by atoms with Crippen LogP contribution in [0, 0.1) is 0 Å². The Kier molecular flexibility index (Phi) is 7.63. The Morgan fingerprint density at radius 2 is 1.71 bits per heavy atom. The third-order valence-electron chi connectivity index (χ3n) is 1.90. The lowest BCUT2D eigenvalue weighted by Gasteiger charge is -2.02. The highest BCUT2D eigenvalue weighted by Crippen LogP contribution is 2.03. The second kappa shape index (κ2) is 8.47. The van der Waals surface area contributed by atoms with Gasteiger partial charge in [0.2, 0.25) is 0 Å². The van der Waals surface area contributed by atoms with Gasteiger partial charge in [0.05, 0.1) is 12.1 Å². The lowest BCUT2D eigenvalue weighted by molar-refractivity contribution is -0.116. The Morgan fingerprint density at radius 1 is 1.18 bits per heavy atom. The van der Waals surface area contributed by atoms with E-state index in [1.54, 1.807) is 24.3 Å². The van der Waals surface area contributed by atoms with Crippen LogP contribution in [0.5, 0.6) is 0 Å². The minimum atomic E-state index is -0.932. The van der Waals surface area contributed by atoms with E-state index in [-0.39, 0.29) is 11.3 Å². The lowest BCUT2D eigenvalue weighted by Crippen LogP contribution is -2.20. The first-order chi connectivity index (χ1) is 8.09. The number of carboxylic acid groups (broad SMARTS) is 1. The van der Waals surface area contributed by atoms with Crippen LogP contribution in [-0.2, 0) is 11.3 Å². The number of carbonyl (C=O) groups excluding carboxylic acids is 1. The second-order valence-corrected chi connectivity index (χ2v) is 3.31. The zero-order valence-corrected chi connectivity index (χ0v) is 10.5. The molecule has 0 heterocycles. The molecule has 0 aliphatic heterocycles. The summed E-state index contributed by atoms with van der Waals surface area (Å²) < 4.78 is 0. The van der Waals surface area contributed by atoms with Gasteiger partial charge >= 0.3 is 5.97 Å². The fourth-order valence-corrected chi connectivity index (χ4v) is 1.15. The molecule has 4 heteroatoms. The van der Waals surface area contributed by atoms with Gasteiger partial charge in [-0.1, -0.05) is 26.0 Å². The molecule has 0 radical (unpaired) electrons. The SMILES string of the molecule is CC.CC(=O)CNCc1ccc(C(=O)O)cc1. The highest BCUT2D eigenvalue weighted by molar-refractivity contribution is 5.87. The number of Topliss-reactive ketones (excluding diaryl/α,β-unsaturated/α-hetero) is 1. The van der Waals surface area contributed by atoms with Crippen LogP contribution in [0.15, 0.2) is 24.3 Å². The summed E-state index contributed by atoms with van der Waals surface area (Å²) in [6, 6.07) is 6.56. The van der Waals surface area contributed by atoms with E-state index in [1.165, 1.54) is 6.92 Å². The van der Waals surface area contributed by atoms with Crippen LogP contribution >= 0.6 is 0 Å². The van der Waals surface area contributed by atoms with Gasteiger partial charge in [-0.3, -0.25) is 4.79 Å². The van der Waals surface area contributed by atoms with Crippen LogP contribution in [0.3, 0.4) is 0 Å². The number of benzene rings is 1. The van der Waals surface area contributed by atoms with E-state index in [2.05, 4.69) is 5.32 Å². The van der Waals surface area contributed by atoms with Gasteiger partial charge in [0, 0.05) is 6.54 Å². The highest BCUT2D eigenvalue weighted by Gasteiger charge is 2.01. The Hall–Kier alpha value is -1.68. The molecule has 94 valence electrons. The molecule has 1 rings (SSSR count). The van der Waals surface area contributed by atoms with Gasteiger partial charge in [-0.15, -0.1) is 0 Å². The first-order valence-corrected chi connectivity index (χ1v) is 5.62. The van der Waals surface area contributed by atoms with Crippen LogP contribution in [0.1, 0.15) is 36.7 Å². The molecule has 0 atom stereocenters. The lowest BCUT2D eigenvalue weighted by atomic mass is 10.1. The van der Waals surface area contributed by atoms with Crippen molar-refractivity contribution in [2.24, 2.45) is 0 Å². The molecule has 0 aliphatic carbocycles. The average molecular weight is 237 g/mol. The molecule has 17 heavy (non-hydrogen) atoms. The maximum absolute atomic E-state index is 10.6. The first-order valence-electron chi connectivity index (χ1n) is 5.62. The average Bonchev–Trinajstić information content (AvgIpc) is 2.32. The zero-order chi connectivity index (χ0) is 13.3. The third kappa shape index (κ3) is 6.48. The van der Waals surface area contributed by atoms with Crippen LogP contribution in [0.25, 0.3) is 0 Å². The van der Waals surface area contributed by atoms with Gasteiger partial charge < -0.3 is 10.4 Å².